The van der Waals surface area contributed by atoms with Crippen LogP contribution in [0.4, 0.5) is 0 Å². The first kappa shape index (κ1) is 11.0. The van der Waals surface area contributed by atoms with Gasteiger partial charge in [-0.1, -0.05) is 0 Å². The van der Waals surface area contributed by atoms with Gasteiger partial charge in [-0.2, -0.15) is 0 Å². The van der Waals surface area contributed by atoms with E-state index in [0.717, 1.165) is 37.3 Å². The molecule has 15 heavy (non-hydrogen) atoms. The van der Waals surface area contributed by atoms with Crippen molar-refractivity contribution >= 4 is 15.9 Å². The van der Waals surface area contributed by atoms with E-state index in [0.29, 0.717) is 0 Å². The zero-order valence-corrected chi connectivity index (χ0v) is 10.5. The van der Waals surface area contributed by atoms with Crippen LogP contribution in [0.3, 0.4) is 0 Å². The minimum absolute atomic E-state index is 0.843. The standard InChI is InChI=1S/C11H15BrN2O/c1-9-6-10(12)7-13-11(9)8-14-2-4-15-5-3-14/h6-7H,2-5,8H2,1H3. The summed E-state index contributed by atoms with van der Waals surface area (Å²) in [7, 11) is 0. The topological polar surface area (TPSA) is 25.4 Å². The van der Waals surface area contributed by atoms with E-state index in [1.807, 2.05) is 6.20 Å². The molecule has 0 saturated carbocycles. The predicted octanol–water partition coefficient (Wildman–Crippen LogP) is 1.98. The van der Waals surface area contributed by atoms with Crippen LogP contribution in [-0.2, 0) is 11.3 Å². The number of ether oxygens (including phenoxy) is 1. The first-order valence-electron chi connectivity index (χ1n) is 5.17. The van der Waals surface area contributed by atoms with Crippen molar-refractivity contribution in [1.29, 1.82) is 0 Å². The second-order valence-electron chi connectivity index (χ2n) is 3.81. The third kappa shape index (κ3) is 3.00. The zero-order chi connectivity index (χ0) is 10.7. The second-order valence-corrected chi connectivity index (χ2v) is 4.72. The lowest BCUT2D eigenvalue weighted by atomic mass is 10.2. The lowest BCUT2D eigenvalue weighted by Gasteiger charge is -2.26. The van der Waals surface area contributed by atoms with Gasteiger partial charge in [0.1, 0.15) is 0 Å². The Morgan fingerprint density at radius 3 is 2.87 bits per heavy atom. The van der Waals surface area contributed by atoms with Crippen LogP contribution in [0.5, 0.6) is 0 Å². The van der Waals surface area contributed by atoms with Gasteiger partial charge in [0.05, 0.1) is 18.9 Å². The Kier molecular flexibility index (Phi) is 3.72. The van der Waals surface area contributed by atoms with Crippen molar-refractivity contribution in [1.82, 2.24) is 9.88 Å². The van der Waals surface area contributed by atoms with Crippen LogP contribution in [0.25, 0.3) is 0 Å². The molecule has 1 saturated heterocycles. The Hall–Kier alpha value is -0.450. The van der Waals surface area contributed by atoms with Gasteiger partial charge in [-0.3, -0.25) is 9.88 Å². The summed E-state index contributed by atoms with van der Waals surface area (Å²) in [6.07, 6.45) is 1.86. The lowest BCUT2D eigenvalue weighted by molar-refractivity contribution is 0.0335. The van der Waals surface area contributed by atoms with Crippen molar-refractivity contribution in [2.75, 3.05) is 26.3 Å². The molecular formula is C11H15BrN2O. The van der Waals surface area contributed by atoms with E-state index >= 15 is 0 Å². The number of morpholine rings is 1. The van der Waals surface area contributed by atoms with Gasteiger partial charge >= 0.3 is 0 Å². The molecule has 1 aromatic rings. The SMILES string of the molecule is Cc1cc(Br)cnc1CN1CCOCC1. The molecule has 0 atom stereocenters. The summed E-state index contributed by atoms with van der Waals surface area (Å²) in [6.45, 7) is 6.75. The molecule has 0 radical (unpaired) electrons. The fraction of sp³-hybridized carbons (Fsp3) is 0.545. The highest BCUT2D eigenvalue weighted by molar-refractivity contribution is 9.10. The molecule has 82 valence electrons. The molecular weight excluding hydrogens is 256 g/mol. The summed E-state index contributed by atoms with van der Waals surface area (Å²) in [5, 5.41) is 0. The van der Waals surface area contributed by atoms with Crippen molar-refractivity contribution in [2.24, 2.45) is 0 Å². The van der Waals surface area contributed by atoms with Crippen LogP contribution in [0.1, 0.15) is 11.3 Å². The average molecular weight is 271 g/mol. The number of hydrogen-bond acceptors (Lipinski definition) is 3. The maximum atomic E-state index is 5.32. The summed E-state index contributed by atoms with van der Waals surface area (Å²) >= 11 is 3.43. The molecule has 2 rings (SSSR count). The number of aryl methyl sites for hydroxylation is 1. The summed E-state index contributed by atoms with van der Waals surface area (Å²) < 4.78 is 6.36. The van der Waals surface area contributed by atoms with Crippen LogP contribution < -0.4 is 0 Å². The third-order valence-corrected chi connectivity index (χ3v) is 3.06. The molecule has 0 spiro atoms. The molecule has 1 fully saturated rings. The Morgan fingerprint density at radius 2 is 2.20 bits per heavy atom. The van der Waals surface area contributed by atoms with Gasteiger partial charge in [0, 0.05) is 30.3 Å². The average Bonchev–Trinajstić information content (AvgIpc) is 2.24. The Labute approximate surface area is 98.6 Å². The van der Waals surface area contributed by atoms with Crippen LogP contribution in [0.2, 0.25) is 0 Å². The van der Waals surface area contributed by atoms with E-state index in [2.05, 4.69) is 38.8 Å². The van der Waals surface area contributed by atoms with Gasteiger partial charge < -0.3 is 4.74 Å². The molecule has 3 nitrogen and oxygen atoms in total. The Morgan fingerprint density at radius 1 is 1.47 bits per heavy atom. The highest BCUT2D eigenvalue weighted by Gasteiger charge is 2.12. The summed E-state index contributed by atoms with van der Waals surface area (Å²) in [4.78, 5) is 6.82. The maximum Gasteiger partial charge on any atom is 0.0594 e. The number of nitrogens with zero attached hydrogens (tertiary/aromatic N) is 2. The summed E-state index contributed by atoms with van der Waals surface area (Å²) in [5.74, 6) is 0. The highest BCUT2D eigenvalue weighted by atomic mass is 79.9. The minimum atomic E-state index is 0.843. The van der Waals surface area contributed by atoms with Gasteiger partial charge in [0.25, 0.3) is 0 Å². The number of hydrogen-bond donors (Lipinski definition) is 0. The molecule has 0 aliphatic carbocycles. The smallest absolute Gasteiger partial charge is 0.0594 e. The number of halogens is 1. The molecule has 0 amide bonds. The summed E-state index contributed by atoms with van der Waals surface area (Å²) in [6, 6.07) is 2.11. The fourth-order valence-electron chi connectivity index (χ4n) is 1.71. The zero-order valence-electron chi connectivity index (χ0n) is 8.87. The van der Waals surface area contributed by atoms with E-state index in [9.17, 15) is 0 Å². The molecule has 1 aliphatic heterocycles. The quantitative estimate of drug-likeness (QED) is 0.822. The number of aromatic nitrogens is 1. The second kappa shape index (κ2) is 5.05. The van der Waals surface area contributed by atoms with Gasteiger partial charge in [-0.15, -0.1) is 0 Å². The van der Waals surface area contributed by atoms with E-state index in [4.69, 9.17) is 4.74 Å². The Balaban J connectivity index is 2.03. The molecule has 1 aliphatic rings. The number of rotatable bonds is 2. The van der Waals surface area contributed by atoms with Crippen LogP contribution in [0.15, 0.2) is 16.7 Å². The molecule has 2 heterocycles. The van der Waals surface area contributed by atoms with Crippen molar-refractivity contribution in [2.45, 2.75) is 13.5 Å². The molecule has 0 aromatic carbocycles. The third-order valence-electron chi connectivity index (χ3n) is 2.63. The van der Waals surface area contributed by atoms with Crippen molar-refractivity contribution < 1.29 is 4.74 Å². The van der Waals surface area contributed by atoms with Crippen LogP contribution >= 0.6 is 15.9 Å². The number of pyridine rings is 1. The summed E-state index contributed by atoms with van der Waals surface area (Å²) in [5.41, 5.74) is 2.41. The normalized spacial score (nSPS) is 18.0. The van der Waals surface area contributed by atoms with Gasteiger partial charge in [-0.25, -0.2) is 0 Å². The van der Waals surface area contributed by atoms with E-state index in [-0.39, 0.29) is 0 Å². The van der Waals surface area contributed by atoms with Gasteiger partial charge in [-0.05, 0) is 34.5 Å². The predicted molar refractivity (Wildman–Crippen MR) is 62.8 cm³/mol. The molecule has 0 bridgehead atoms. The van der Waals surface area contributed by atoms with E-state index in [1.165, 1.54) is 11.3 Å². The van der Waals surface area contributed by atoms with Gasteiger partial charge in [0.2, 0.25) is 0 Å². The Bertz CT molecular complexity index is 337. The molecule has 0 N–H and O–H groups in total. The first-order valence-corrected chi connectivity index (χ1v) is 5.96. The van der Waals surface area contributed by atoms with Gasteiger partial charge in [0.15, 0.2) is 0 Å². The highest BCUT2D eigenvalue weighted by Crippen LogP contribution is 2.14. The van der Waals surface area contributed by atoms with E-state index in [1.54, 1.807) is 0 Å². The van der Waals surface area contributed by atoms with Crippen LogP contribution in [-0.4, -0.2) is 36.2 Å². The van der Waals surface area contributed by atoms with E-state index < -0.39 is 0 Å². The lowest BCUT2D eigenvalue weighted by Crippen LogP contribution is -2.36. The fourth-order valence-corrected chi connectivity index (χ4v) is 2.15. The molecule has 1 aromatic heterocycles. The molecule has 4 heteroatoms. The van der Waals surface area contributed by atoms with Crippen LogP contribution in [0, 0.1) is 6.92 Å². The largest absolute Gasteiger partial charge is 0.379 e. The minimum Gasteiger partial charge on any atom is -0.379 e. The van der Waals surface area contributed by atoms with Crippen molar-refractivity contribution in [3.63, 3.8) is 0 Å². The maximum absolute atomic E-state index is 5.32. The van der Waals surface area contributed by atoms with Crippen molar-refractivity contribution in [3.8, 4) is 0 Å². The first-order chi connectivity index (χ1) is 7.25. The molecule has 0 unspecified atom stereocenters. The monoisotopic (exact) mass is 270 g/mol. The van der Waals surface area contributed by atoms with Crippen molar-refractivity contribution in [3.05, 3.63) is 28.0 Å².